The van der Waals surface area contributed by atoms with E-state index in [-0.39, 0.29) is 0 Å². The smallest absolute Gasteiger partial charge is 0.0468 e. The van der Waals surface area contributed by atoms with Gasteiger partial charge in [-0.3, -0.25) is 0 Å². The Kier molecular flexibility index (Phi) is 11.4. The van der Waals surface area contributed by atoms with Crippen molar-refractivity contribution in [2.24, 2.45) is 0 Å². The number of hydrogen-bond donors (Lipinski definition) is 0. The summed E-state index contributed by atoms with van der Waals surface area (Å²) in [5, 5.41) is 5.07. The van der Waals surface area contributed by atoms with Gasteiger partial charge in [-0.15, -0.1) is 0 Å². The maximum atomic E-state index is 2.51. The fraction of sp³-hybridized carbons (Fsp3) is 0.0857. The molecular weight excluding hydrogens is 869 g/mol. The van der Waals surface area contributed by atoms with Crippen LogP contribution in [0.3, 0.4) is 0 Å². The SMILES string of the molecule is C1=CCCC(N(c2ccc(-c3ccccc3)cc2)c2ccc3c(-c4ccc5c(c4)CCC=C5)c4cc(N(c5ccccc5)c5ccc(-c6ccccc6)cc5)ccc4c(C4=Cc5ccccc5CC4)c3c2)=C1. The molecule has 0 saturated carbocycles. The Morgan fingerprint density at radius 1 is 0.319 bits per heavy atom. The van der Waals surface area contributed by atoms with Crippen LogP contribution in [0.4, 0.5) is 28.4 Å². The van der Waals surface area contributed by atoms with Crippen molar-refractivity contribution in [1.82, 2.24) is 0 Å². The molecule has 0 unspecified atom stereocenters. The molecule has 0 heterocycles. The van der Waals surface area contributed by atoms with Crippen molar-refractivity contribution >= 4 is 67.7 Å². The zero-order valence-corrected chi connectivity index (χ0v) is 40.4. The van der Waals surface area contributed by atoms with E-state index in [1.54, 1.807) is 0 Å². The zero-order chi connectivity index (χ0) is 47.8. The van der Waals surface area contributed by atoms with Crippen molar-refractivity contribution in [3.8, 4) is 33.4 Å². The van der Waals surface area contributed by atoms with Crippen LogP contribution in [0.2, 0.25) is 0 Å². The molecular formula is C70H54N2. The minimum absolute atomic E-state index is 0.961. The molecule has 0 aromatic heterocycles. The molecule has 0 radical (unpaired) electrons. The summed E-state index contributed by atoms with van der Waals surface area (Å²) in [5.41, 5.74) is 22.5. The highest BCUT2D eigenvalue weighted by Crippen LogP contribution is 2.49. The summed E-state index contributed by atoms with van der Waals surface area (Å²) in [5.74, 6) is 0. The molecule has 13 rings (SSSR count). The van der Waals surface area contributed by atoms with E-state index in [0.717, 1.165) is 61.3 Å². The summed E-state index contributed by atoms with van der Waals surface area (Å²) in [6, 6.07) is 81.2. The second kappa shape index (κ2) is 18.9. The zero-order valence-electron chi connectivity index (χ0n) is 40.4. The number of rotatable bonds is 10. The molecule has 0 bridgehead atoms. The van der Waals surface area contributed by atoms with E-state index in [0.29, 0.717) is 0 Å². The minimum Gasteiger partial charge on any atom is -0.314 e. The summed E-state index contributed by atoms with van der Waals surface area (Å²) in [6.45, 7) is 0. The Labute approximate surface area is 423 Å². The van der Waals surface area contributed by atoms with Crippen molar-refractivity contribution < 1.29 is 0 Å². The van der Waals surface area contributed by atoms with Crippen LogP contribution in [-0.2, 0) is 12.8 Å². The van der Waals surface area contributed by atoms with E-state index >= 15 is 0 Å². The Morgan fingerprint density at radius 2 is 0.861 bits per heavy atom. The van der Waals surface area contributed by atoms with Gasteiger partial charge in [-0.1, -0.05) is 188 Å². The number of hydrogen-bond acceptors (Lipinski definition) is 2. The molecule has 0 spiro atoms. The average Bonchev–Trinajstić information content (AvgIpc) is 3.46. The Hall–Kier alpha value is -8.72. The van der Waals surface area contributed by atoms with Crippen LogP contribution in [0.25, 0.3) is 72.7 Å². The summed E-state index contributed by atoms with van der Waals surface area (Å²) < 4.78 is 0. The highest BCUT2D eigenvalue weighted by molar-refractivity contribution is 6.21. The molecule has 0 fully saturated rings. The standard InChI is InChI=1S/C70H54N2/c1-5-17-49(18-6-1)53-33-37-61(38-34-53)71(59-25-9-3-10-26-59)63-41-43-65-67(47-63)69(57-31-29-51-21-13-15-23-55(51)45-57)66-44-42-64(48-68(66)70(65)58-32-30-52-22-14-16-24-56(52)46-58)72(60-27-11-4-12-28-60)62-39-35-54(36-40-62)50-19-7-2-8-20-50/h1-11,13-14,16-22,24-27,29,31,33-48H,12,15,23,28,30,32H2. The fourth-order valence-corrected chi connectivity index (χ4v) is 11.5. The van der Waals surface area contributed by atoms with Gasteiger partial charge in [0.25, 0.3) is 0 Å². The molecule has 10 aromatic carbocycles. The van der Waals surface area contributed by atoms with Gasteiger partial charge in [0.05, 0.1) is 0 Å². The third kappa shape index (κ3) is 8.15. The molecule has 0 aliphatic heterocycles. The Bertz CT molecular complexity index is 3770. The van der Waals surface area contributed by atoms with Crippen LogP contribution < -0.4 is 9.80 Å². The summed E-state index contributed by atoms with van der Waals surface area (Å²) in [6.07, 6.45) is 20.0. The second-order valence-electron chi connectivity index (χ2n) is 19.4. The first-order chi connectivity index (χ1) is 35.7. The maximum absolute atomic E-state index is 2.51. The summed E-state index contributed by atoms with van der Waals surface area (Å²) in [7, 11) is 0. The van der Waals surface area contributed by atoms with E-state index in [2.05, 4.69) is 265 Å². The van der Waals surface area contributed by atoms with Crippen LogP contribution >= 0.6 is 0 Å². The van der Waals surface area contributed by atoms with E-state index in [9.17, 15) is 0 Å². The maximum Gasteiger partial charge on any atom is 0.0468 e. The molecule has 72 heavy (non-hydrogen) atoms. The molecule has 3 aliphatic carbocycles. The van der Waals surface area contributed by atoms with Crippen LogP contribution in [0.5, 0.6) is 0 Å². The van der Waals surface area contributed by atoms with E-state index in [1.807, 2.05) is 0 Å². The lowest BCUT2D eigenvalue weighted by molar-refractivity contribution is 0.918. The number of fused-ring (bicyclic) bond motifs is 4. The number of allylic oxidation sites excluding steroid dienone is 6. The Morgan fingerprint density at radius 3 is 1.54 bits per heavy atom. The van der Waals surface area contributed by atoms with Crippen LogP contribution in [0, 0.1) is 0 Å². The van der Waals surface area contributed by atoms with Gasteiger partial charge in [0.1, 0.15) is 0 Å². The highest BCUT2D eigenvalue weighted by Gasteiger charge is 2.25. The van der Waals surface area contributed by atoms with E-state index in [4.69, 9.17) is 0 Å². The number of anilines is 5. The van der Waals surface area contributed by atoms with Crippen LogP contribution in [-0.4, -0.2) is 0 Å². The van der Waals surface area contributed by atoms with Crippen LogP contribution in [0.1, 0.15) is 53.5 Å². The lowest BCUT2D eigenvalue weighted by atomic mass is 9.81. The van der Waals surface area contributed by atoms with E-state index < -0.39 is 0 Å². The summed E-state index contributed by atoms with van der Waals surface area (Å²) >= 11 is 0. The molecule has 2 heteroatoms. The quantitative estimate of drug-likeness (QED) is 0.126. The van der Waals surface area contributed by atoms with Gasteiger partial charge in [-0.25, -0.2) is 0 Å². The minimum atomic E-state index is 0.961. The monoisotopic (exact) mass is 922 g/mol. The first kappa shape index (κ1) is 43.3. The van der Waals surface area contributed by atoms with Crippen molar-refractivity contribution in [2.75, 3.05) is 9.80 Å². The van der Waals surface area contributed by atoms with Crippen molar-refractivity contribution in [1.29, 1.82) is 0 Å². The van der Waals surface area contributed by atoms with Gasteiger partial charge in [-0.2, -0.15) is 0 Å². The molecule has 0 atom stereocenters. The molecule has 2 nitrogen and oxygen atoms in total. The topological polar surface area (TPSA) is 6.48 Å². The third-order valence-corrected chi connectivity index (χ3v) is 15.0. The molecule has 0 N–H and O–H groups in total. The third-order valence-electron chi connectivity index (χ3n) is 15.0. The molecule has 3 aliphatic rings. The molecule has 344 valence electrons. The van der Waals surface area contributed by atoms with Crippen LogP contribution in [0.15, 0.2) is 248 Å². The van der Waals surface area contributed by atoms with Crippen molar-refractivity contribution in [2.45, 2.75) is 38.5 Å². The van der Waals surface area contributed by atoms with Gasteiger partial charge >= 0.3 is 0 Å². The average molecular weight is 923 g/mol. The molecule has 10 aromatic rings. The lowest BCUT2D eigenvalue weighted by Crippen LogP contribution is -2.17. The van der Waals surface area contributed by atoms with Gasteiger partial charge in [0.2, 0.25) is 0 Å². The number of nitrogens with zero attached hydrogens (tertiary/aromatic N) is 2. The van der Waals surface area contributed by atoms with E-state index in [1.165, 1.54) is 99.7 Å². The van der Waals surface area contributed by atoms with Crippen molar-refractivity contribution in [3.05, 3.63) is 276 Å². The number of para-hydroxylation sites is 1. The van der Waals surface area contributed by atoms with Gasteiger partial charge in [0, 0.05) is 34.1 Å². The van der Waals surface area contributed by atoms with Gasteiger partial charge in [0.15, 0.2) is 0 Å². The molecule has 0 amide bonds. The predicted octanol–water partition coefficient (Wildman–Crippen LogP) is 19.3. The predicted molar refractivity (Wildman–Crippen MR) is 307 cm³/mol. The van der Waals surface area contributed by atoms with Gasteiger partial charge in [-0.05, 0) is 194 Å². The Balaban J connectivity index is 1.07. The largest absolute Gasteiger partial charge is 0.314 e. The summed E-state index contributed by atoms with van der Waals surface area (Å²) in [4.78, 5) is 4.93. The first-order valence-corrected chi connectivity index (χ1v) is 25.6. The molecule has 0 saturated heterocycles. The van der Waals surface area contributed by atoms with Gasteiger partial charge < -0.3 is 9.80 Å². The fourth-order valence-electron chi connectivity index (χ4n) is 11.5. The first-order valence-electron chi connectivity index (χ1n) is 25.6. The van der Waals surface area contributed by atoms with Crippen molar-refractivity contribution in [3.63, 3.8) is 0 Å². The highest BCUT2D eigenvalue weighted by atomic mass is 15.2. The number of benzene rings is 10. The number of aryl methyl sites for hydroxylation is 2. The normalized spacial score (nSPS) is 13.8. The lowest BCUT2D eigenvalue weighted by Gasteiger charge is -2.30. The second-order valence-corrected chi connectivity index (χ2v) is 19.4.